The van der Waals surface area contributed by atoms with Gasteiger partial charge in [-0.1, -0.05) is 13.3 Å². The van der Waals surface area contributed by atoms with E-state index >= 15 is 0 Å². The predicted molar refractivity (Wildman–Crippen MR) is 54.3 cm³/mol. The molecular formula is C9H19NO4S. The van der Waals surface area contributed by atoms with Crippen LogP contribution in [0.1, 0.15) is 32.6 Å². The Kier molecular flexibility index (Phi) is 4.98. The fourth-order valence-electron chi connectivity index (χ4n) is 2.07. The van der Waals surface area contributed by atoms with E-state index in [0.717, 1.165) is 19.5 Å². The topological polar surface area (TPSA) is 70.9 Å². The van der Waals surface area contributed by atoms with Gasteiger partial charge in [-0.2, -0.15) is 0 Å². The first-order valence-electron chi connectivity index (χ1n) is 5.49. The third-order valence-corrected chi connectivity index (χ3v) is 3.20. The van der Waals surface area contributed by atoms with Crippen LogP contribution in [0.5, 0.6) is 0 Å². The van der Waals surface area contributed by atoms with Crippen LogP contribution in [-0.2, 0) is 14.6 Å². The van der Waals surface area contributed by atoms with Gasteiger partial charge in [0.25, 0.3) is 0 Å². The minimum Gasteiger partial charge on any atom is -0.726 e. The SMILES string of the molecule is CCCC(C[NH+]1CCCC1)OS(=O)(=O)[O-]. The first kappa shape index (κ1) is 12.9. The van der Waals surface area contributed by atoms with Gasteiger partial charge >= 0.3 is 0 Å². The second-order valence-electron chi connectivity index (χ2n) is 4.08. The number of hydrogen-bond donors (Lipinski definition) is 1. The number of hydrogen-bond acceptors (Lipinski definition) is 4. The predicted octanol–water partition coefficient (Wildman–Crippen LogP) is -0.689. The van der Waals surface area contributed by atoms with E-state index in [4.69, 9.17) is 0 Å². The molecule has 0 aromatic rings. The highest BCUT2D eigenvalue weighted by molar-refractivity contribution is 7.80. The third-order valence-electron chi connectivity index (χ3n) is 2.69. The quantitative estimate of drug-likeness (QED) is 0.490. The minimum absolute atomic E-state index is 0.439. The molecule has 0 spiro atoms. The lowest BCUT2D eigenvalue weighted by Crippen LogP contribution is -3.11. The minimum atomic E-state index is -4.55. The molecule has 1 unspecified atom stereocenters. The highest BCUT2D eigenvalue weighted by Crippen LogP contribution is 2.04. The van der Waals surface area contributed by atoms with Crippen LogP contribution >= 0.6 is 0 Å². The molecule has 1 heterocycles. The number of nitrogens with one attached hydrogen (secondary N) is 1. The largest absolute Gasteiger partial charge is 0.726 e. The standard InChI is InChI=1S/C9H19NO4S/c1-2-5-9(14-15(11,12)13)8-10-6-3-4-7-10/h9H,2-8H2,1H3,(H,11,12,13). The first-order chi connectivity index (χ1) is 7.01. The van der Waals surface area contributed by atoms with E-state index in [1.165, 1.54) is 17.7 Å². The van der Waals surface area contributed by atoms with Crippen LogP contribution in [0, 0.1) is 0 Å². The molecule has 0 amide bonds. The highest BCUT2D eigenvalue weighted by atomic mass is 32.3. The molecule has 0 saturated carbocycles. The van der Waals surface area contributed by atoms with Crippen LogP contribution in [0.3, 0.4) is 0 Å². The Bertz CT molecular complexity index is 272. The smallest absolute Gasteiger partial charge is 0.218 e. The summed E-state index contributed by atoms with van der Waals surface area (Å²) in [7, 11) is -4.55. The van der Waals surface area contributed by atoms with Crippen LogP contribution < -0.4 is 4.90 Å². The molecule has 1 aliphatic rings. The number of likely N-dealkylation sites (tertiary alicyclic amines) is 1. The summed E-state index contributed by atoms with van der Waals surface area (Å²) in [5, 5.41) is 0. The molecule has 5 nitrogen and oxygen atoms in total. The summed E-state index contributed by atoms with van der Waals surface area (Å²) < 4.78 is 36.0. The van der Waals surface area contributed by atoms with Crippen molar-refractivity contribution in [1.29, 1.82) is 0 Å². The molecular weight excluding hydrogens is 218 g/mol. The van der Waals surface area contributed by atoms with Gasteiger partial charge in [-0.3, -0.25) is 4.18 Å². The fourth-order valence-corrected chi connectivity index (χ4v) is 2.57. The van der Waals surface area contributed by atoms with Crippen molar-refractivity contribution >= 4 is 10.4 Å². The average Bonchev–Trinajstić information content (AvgIpc) is 2.54. The Labute approximate surface area is 91.4 Å². The molecule has 0 radical (unpaired) electrons. The maximum absolute atomic E-state index is 10.5. The van der Waals surface area contributed by atoms with Crippen molar-refractivity contribution in [3.8, 4) is 0 Å². The van der Waals surface area contributed by atoms with Gasteiger partial charge < -0.3 is 9.45 Å². The fraction of sp³-hybridized carbons (Fsp3) is 1.00. The number of quaternary nitrogens is 1. The van der Waals surface area contributed by atoms with Gasteiger partial charge in [0.2, 0.25) is 10.4 Å². The molecule has 15 heavy (non-hydrogen) atoms. The highest BCUT2D eigenvalue weighted by Gasteiger charge is 2.22. The summed E-state index contributed by atoms with van der Waals surface area (Å²) in [4.78, 5) is 1.34. The summed E-state index contributed by atoms with van der Waals surface area (Å²) in [5.41, 5.74) is 0. The molecule has 1 saturated heterocycles. The zero-order valence-corrected chi connectivity index (χ0v) is 9.88. The van der Waals surface area contributed by atoms with Crippen molar-refractivity contribution in [3.05, 3.63) is 0 Å². The van der Waals surface area contributed by atoms with Gasteiger partial charge in [0.1, 0.15) is 12.6 Å². The lowest BCUT2D eigenvalue weighted by molar-refractivity contribution is -0.890. The summed E-state index contributed by atoms with van der Waals surface area (Å²) in [5.74, 6) is 0. The van der Waals surface area contributed by atoms with Crippen molar-refractivity contribution in [2.24, 2.45) is 0 Å². The van der Waals surface area contributed by atoms with E-state index in [1.54, 1.807) is 0 Å². The van der Waals surface area contributed by atoms with Crippen molar-refractivity contribution in [3.63, 3.8) is 0 Å². The summed E-state index contributed by atoms with van der Waals surface area (Å²) in [6, 6.07) is 0. The van der Waals surface area contributed by atoms with Crippen molar-refractivity contribution in [2.45, 2.75) is 38.7 Å². The second-order valence-corrected chi connectivity index (χ2v) is 5.09. The van der Waals surface area contributed by atoms with Gasteiger partial charge in [0.05, 0.1) is 13.1 Å². The molecule has 0 aromatic heterocycles. The Morgan fingerprint density at radius 2 is 2.00 bits per heavy atom. The van der Waals surface area contributed by atoms with E-state index in [-0.39, 0.29) is 0 Å². The summed E-state index contributed by atoms with van der Waals surface area (Å²) in [6.45, 7) is 4.70. The molecule has 6 heteroatoms. The van der Waals surface area contributed by atoms with E-state index < -0.39 is 16.5 Å². The molecule has 0 aliphatic carbocycles. The number of rotatable bonds is 6. The van der Waals surface area contributed by atoms with E-state index in [0.29, 0.717) is 13.0 Å². The van der Waals surface area contributed by atoms with E-state index in [2.05, 4.69) is 4.18 Å². The van der Waals surface area contributed by atoms with Crippen LogP contribution in [-0.4, -0.2) is 38.7 Å². The van der Waals surface area contributed by atoms with Gasteiger partial charge in [-0.05, 0) is 6.42 Å². The molecule has 1 aliphatic heterocycles. The first-order valence-corrected chi connectivity index (χ1v) is 6.82. The van der Waals surface area contributed by atoms with Crippen LogP contribution in [0.2, 0.25) is 0 Å². The van der Waals surface area contributed by atoms with Crippen LogP contribution in [0.4, 0.5) is 0 Å². The molecule has 1 atom stereocenters. The monoisotopic (exact) mass is 237 g/mol. The van der Waals surface area contributed by atoms with Crippen LogP contribution in [0.25, 0.3) is 0 Å². The Hall–Kier alpha value is -0.170. The molecule has 1 rings (SSSR count). The maximum atomic E-state index is 10.5. The van der Waals surface area contributed by atoms with E-state index in [9.17, 15) is 13.0 Å². The van der Waals surface area contributed by atoms with Crippen molar-refractivity contribution in [2.75, 3.05) is 19.6 Å². The molecule has 0 aromatic carbocycles. The third kappa shape index (κ3) is 5.46. The van der Waals surface area contributed by atoms with Gasteiger partial charge in [-0.15, -0.1) is 0 Å². The second kappa shape index (κ2) is 5.79. The normalized spacial score (nSPS) is 20.7. The summed E-state index contributed by atoms with van der Waals surface area (Å²) in [6.07, 6.45) is 3.38. The Morgan fingerprint density at radius 3 is 2.47 bits per heavy atom. The lowest BCUT2D eigenvalue weighted by Gasteiger charge is -2.21. The average molecular weight is 237 g/mol. The molecule has 90 valence electrons. The maximum Gasteiger partial charge on any atom is 0.218 e. The zero-order valence-electron chi connectivity index (χ0n) is 9.07. The lowest BCUT2D eigenvalue weighted by atomic mass is 10.2. The molecule has 1 N–H and O–H groups in total. The van der Waals surface area contributed by atoms with Crippen LogP contribution in [0.15, 0.2) is 0 Å². The van der Waals surface area contributed by atoms with Gasteiger partial charge in [0.15, 0.2) is 0 Å². The van der Waals surface area contributed by atoms with Crippen molar-refractivity contribution < 1.29 is 22.1 Å². The van der Waals surface area contributed by atoms with Gasteiger partial charge in [0, 0.05) is 12.8 Å². The molecule has 0 bridgehead atoms. The summed E-state index contributed by atoms with van der Waals surface area (Å²) >= 11 is 0. The Morgan fingerprint density at radius 1 is 1.40 bits per heavy atom. The zero-order chi connectivity index (χ0) is 11.3. The van der Waals surface area contributed by atoms with Gasteiger partial charge in [-0.25, -0.2) is 8.42 Å². The van der Waals surface area contributed by atoms with Crippen molar-refractivity contribution in [1.82, 2.24) is 0 Å². The molecule has 1 fully saturated rings. The van der Waals surface area contributed by atoms with E-state index in [1.807, 2.05) is 6.92 Å². The Balaban J connectivity index is 2.42.